The van der Waals surface area contributed by atoms with Crippen molar-refractivity contribution in [2.24, 2.45) is 7.05 Å². The van der Waals surface area contributed by atoms with Crippen LogP contribution in [0.2, 0.25) is 0 Å². The highest BCUT2D eigenvalue weighted by Crippen LogP contribution is 2.40. The van der Waals surface area contributed by atoms with Crippen molar-refractivity contribution in [2.75, 3.05) is 6.54 Å². The molecule has 0 fully saturated rings. The second-order valence-corrected chi connectivity index (χ2v) is 6.07. The van der Waals surface area contributed by atoms with Crippen molar-refractivity contribution in [3.8, 4) is 0 Å². The minimum absolute atomic E-state index is 0.00972. The number of rotatable bonds is 6. The van der Waals surface area contributed by atoms with E-state index in [1.165, 1.54) is 29.6 Å². The molecule has 4 nitrogen and oxygen atoms in total. The van der Waals surface area contributed by atoms with Crippen LogP contribution in [0.3, 0.4) is 0 Å². The number of benzene rings is 1. The summed E-state index contributed by atoms with van der Waals surface area (Å²) in [5.74, 6) is -0.400. The molecule has 0 amide bonds. The van der Waals surface area contributed by atoms with Crippen LogP contribution < -0.4 is 5.32 Å². The fourth-order valence-electron chi connectivity index (χ4n) is 2.56. The summed E-state index contributed by atoms with van der Waals surface area (Å²) < 4.78 is 41.3. The summed E-state index contributed by atoms with van der Waals surface area (Å²) in [5, 5.41) is 13.2. The Kier molecular flexibility index (Phi) is 5.35. The van der Waals surface area contributed by atoms with E-state index in [0.717, 1.165) is 11.1 Å². The topological polar surface area (TPSA) is 50.1 Å². The smallest absolute Gasteiger partial charge is 0.374 e. The van der Waals surface area contributed by atoms with Gasteiger partial charge in [-0.25, -0.2) is 4.98 Å². The molecule has 132 valence electrons. The van der Waals surface area contributed by atoms with Gasteiger partial charge in [-0.2, -0.15) is 13.2 Å². The number of alkyl halides is 3. The summed E-state index contributed by atoms with van der Waals surface area (Å²) in [6, 6.07) is 5.91. The summed E-state index contributed by atoms with van der Waals surface area (Å²) in [5.41, 5.74) is 0.321. The molecule has 24 heavy (non-hydrogen) atoms. The van der Waals surface area contributed by atoms with E-state index in [9.17, 15) is 18.3 Å². The van der Waals surface area contributed by atoms with E-state index in [4.69, 9.17) is 0 Å². The first-order valence-corrected chi connectivity index (χ1v) is 7.69. The number of aromatic nitrogens is 2. The Bertz CT molecular complexity index is 697. The van der Waals surface area contributed by atoms with Gasteiger partial charge in [-0.05, 0) is 37.1 Å². The third-order valence-electron chi connectivity index (χ3n) is 4.22. The Morgan fingerprint density at radius 3 is 2.46 bits per heavy atom. The molecule has 7 heteroatoms. The van der Waals surface area contributed by atoms with E-state index < -0.39 is 24.0 Å². The van der Waals surface area contributed by atoms with Crippen LogP contribution in [0, 0.1) is 13.8 Å². The van der Waals surface area contributed by atoms with Gasteiger partial charge < -0.3 is 15.0 Å². The minimum Gasteiger partial charge on any atom is -0.374 e. The predicted octanol–water partition coefficient (Wildman–Crippen LogP) is 2.97. The van der Waals surface area contributed by atoms with Crippen LogP contribution >= 0.6 is 0 Å². The third kappa shape index (κ3) is 3.79. The van der Waals surface area contributed by atoms with Gasteiger partial charge in [0.2, 0.25) is 5.60 Å². The summed E-state index contributed by atoms with van der Waals surface area (Å²) in [4.78, 5) is 3.68. The molecular weight excluding hydrogens is 319 g/mol. The Hall–Kier alpha value is -1.86. The molecular formula is C17H22F3N3O. The molecule has 0 aliphatic rings. The van der Waals surface area contributed by atoms with Gasteiger partial charge in [0.15, 0.2) is 0 Å². The molecule has 0 spiro atoms. The van der Waals surface area contributed by atoms with Gasteiger partial charge >= 0.3 is 6.18 Å². The summed E-state index contributed by atoms with van der Waals surface area (Å²) in [6.07, 6.45) is -2.68. The highest BCUT2D eigenvalue weighted by atomic mass is 19.4. The molecule has 0 unspecified atom stereocenters. The first kappa shape index (κ1) is 18.5. The molecule has 0 radical (unpaired) electrons. The van der Waals surface area contributed by atoms with Crippen LogP contribution in [0.25, 0.3) is 0 Å². The lowest BCUT2D eigenvalue weighted by Crippen LogP contribution is -2.46. The average Bonchev–Trinajstić information content (AvgIpc) is 2.92. The molecule has 2 rings (SSSR count). The van der Waals surface area contributed by atoms with E-state index in [0.29, 0.717) is 6.54 Å². The zero-order valence-electron chi connectivity index (χ0n) is 14.0. The van der Waals surface area contributed by atoms with E-state index in [1.54, 1.807) is 0 Å². The second-order valence-electron chi connectivity index (χ2n) is 6.07. The molecule has 0 saturated heterocycles. The normalized spacial score (nSPS) is 14.6. The number of hydrogen-bond donors (Lipinski definition) is 2. The van der Waals surface area contributed by atoms with Crippen LogP contribution in [-0.2, 0) is 19.2 Å². The lowest BCUT2D eigenvalue weighted by atomic mass is 9.97. The number of imidazole rings is 1. The number of nitrogens with zero attached hydrogens (tertiary/aromatic N) is 2. The summed E-state index contributed by atoms with van der Waals surface area (Å²) in [7, 11) is 1.43. The number of aliphatic hydroxyl groups is 1. The summed E-state index contributed by atoms with van der Waals surface area (Å²) >= 11 is 0. The zero-order valence-corrected chi connectivity index (χ0v) is 14.0. The predicted molar refractivity (Wildman–Crippen MR) is 85.4 cm³/mol. The zero-order chi connectivity index (χ0) is 18.0. The first-order valence-electron chi connectivity index (χ1n) is 7.69. The number of halogens is 3. The highest BCUT2D eigenvalue weighted by molar-refractivity contribution is 5.29. The minimum atomic E-state index is -4.80. The molecule has 0 bridgehead atoms. The third-order valence-corrected chi connectivity index (χ3v) is 4.22. The van der Waals surface area contributed by atoms with Crippen molar-refractivity contribution in [2.45, 2.75) is 38.6 Å². The lowest BCUT2D eigenvalue weighted by Gasteiger charge is -2.30. The fraction of sp³-hybridized carbons (Fsp3) is 0.471. The standard InChI is InChI=1S/C17H22F3N3O/c1-12-4-5-14(10-13(12)2)11-21-7-6-16(24,17(18,19)20)15-22-8-9-23(15)3/h4-5,8-10,21,24H,6-7,11H2,1-3H3/t16-/m0/s1. The maximum atomic E-state index is 13.4. The molecule has 1 aromatic heterocycles. The second kappa shape index (κ2) is 6.94. The van der Waals surface area contributed by atoms with Crippen LogP contribution in [0.4, 0.5) is 13.2 Å². The fourth-order valence-corrected chi connectivity index (χ4v) is 2.56. The number of aryl methyl sites for hydroxylation is 3. The van der Waals surface area contributed by atoms with Gasteiger partial charge in [0.25, 0.3) is 0 Å². The number of hydrogen-bond acceptors (Lipinski definition) is 3. The molecule has 2 N–H and O–H groups in total. The van der Waals surface area contributed by atoms with E-state index in [1.807, 2.05) is 32.0 Å². The van der Waals surface area contributed by atoms with Crippen molar-refractivity contribution in [3.63, 3.8) is 0 Å². The average molecular weight is 341 g/mol. The van der Waals surface area contributed by atoms with E-state index in [-0.39, 0.29) is 6.54 Å². The Labute approximate surface area is 139 Å². The van der Waals surface area contributed by atoms with Gasteiger partial charge in [0.1, 0.15) is 5.82 Å². The monoisotopic (exact) mass is 341 g/mol. The van der Waals surface area contributed by atoms with Crippen LogP contribution in [0.1, 0.15) is 28.9 Å². The van der Waals surface area contributed by atoms with Gasteiger partial charge in [-0.15, -0.1) is 0 Å². The van der Waals surface area contributed by atoms with Crippen molar-refractivity contribution in [1.82, 2.24) is 14.9 Å². The maximum absolute atomic E-state index is 13.4. The first-order chi connectivity index (χ1) is 11.1. The Morgan fingerprint density at radius 2 is 1.92 bits per heavy atom. The van der Waals surface area contributed by atoms with Gasteiger partial charge in [-0.1, -0.05) is 18.2 Å². The maximum Gasteiger partial charge on any atom is 0.424 e. The quantitative estimate of drug-likeness (QED) is 0.794. The molecule has 1 heterocycles. The van der Waals surface area contributed by atoms with Crippen molar-refractivity contribution in [3.05, 3.63) is 53.1 Å². The van der Waals surface area contributed by atoms with Crippen LogP contribution in [0.15, 0.2) is 30.6 Å². The van der Waals surface area contributed by atoms with E-state index in [2.05, 4.69) is 10.3 Å². The van der Waals surface area contributed by atoms with Crippen molar-refractivity contribution in [1.29, 1.82) is 0 Å². The molecule has 2 aromatic rings. The largest absolute Gasteiger partial charge is 0.424 e. The Morgan fingerprint density at radius 1 is 1.21 bits per heavy atom. The molecule has 0 aliphatic heterocycles. The Balaban J connectivity index is 2.02. The lowest BCUT2D eigenvalue weighted by molar-refractivity contribution is -0.272. The van der Waals surface area contributed by atoms with Crippen LogP contribution in [-0.4, -0.2) is 27.4 Å². The SMILES string of the molecule is Cc1ccc(CNCC[C@](O)(c2nccn2C)C(F)(F)F)cc1C. The highest BCUT2D eigenvalue weighted by Gasteiger charge is 2.56. The van der Waals surface area contributed by atoms with Gasteiger partial charge in [0.05, 0.1) is 0 Å². The van der Waals surface area contributed by atoms with Gasteiger partial charge in [-0.3, -0.25) is 0 Å². The summed E-state index contributed by atoms with van der Waals surface area (Å²) in [6.45, 7) is 4.44. The number of nitrogens with one attached hydrogen (secondary N) is 1. The van der Waals surface area contributed by atoms with Crippen molar-refractivity contribution >= 4 is 0 Å². The molecule has 0 saturated carbocycles. The van der Waals surface area contributed by atoms with Crippen LogP contribution in [0.5, 0.6) is 0 Å². The molecule has 0 aliphatic carbocycles. The van der Waals surface area contributed by atoms with Crippen molar-refractivity contribution < 1.29 is 18.3 Å². The van der Waals surface area contributed by atoms with E-state index >= 15 is 0 Å². The van der Waals surface area contributed by atoms with Gasteiger partial charge in [0, 0.05) is 32.4 Å². The molecule has 1 aromatic carbocycles. The molecule has 1 atom stereocenters.